The summed E-state index contributed by atoms with van der Waals surface area (Å²) in [6, 6.07) is 8.14. The summed E-state index contributed by atoms with van der Waals surface area (Å²) >= 11 is 1.08. The first-order chi connectivity index (χ1) is 10.1. The molecular formula is C15H17N3O2S. The van der Waals surface area contributed by atoms with Gasteiger partial charge in [0.1, 0.15) is 4.88 Å². The van der Waals surface area contributed by atoms with Gasteiger partial charge in [-0.25, -0.2) is 0 Å². The van der Waals surface area contributed by atoms with Gasteiger partial charge in [-0.3, -0.25) is 4.79 Å². The molecule has 3 rings (SSSR count). The molecule has 0 saturated heterocycles. The van der Waals surface area contributed by atoms with Crippen molar-refractivity contribution in [2.24, 2.45) is 0 Å². The zero-order chi connectivity index (χ0) is 14.9. The zero-order valence-corrected chi connectivity index (χ0v) is 12.6. The van der Waals surface area contributed by atoms with E-state index in [1.807, 2.05) is 18.2 Å². The average molecular weight is 303 g/mol. The highest BCUT2D eigenvalue weighted by Gasteiger charge is 2.32. The number of nitrogens with one attached hydrogen (secondary N) is 1. The number of carbonyl (C=O) groups excluding carboxylic acids is 1. The SMILES string of the molecule is Cc1nnsc1C(=O)NC[C@]1(O)CCc2ccccc2C1. The van der Waals surface area contributed by atoms with Crippen molar-refractivity contribution >= 4 is 17.4 Å². The molecule has 1 aliphatic carbocycles. The van der Waals surface area contributed by atoms with Crippen molar-refractivity contribution in [3.8, 4) is 0 Å². The quantitative estimate of drug-likeness (QED) is 0.901. The maximum atomic E-state index is 12.1. The Balaban J connectivity index is 1.66. The van der Waals surface area contributed by atoms with Crippen molar-refractivity contribution < 1.29 is 9.90 Å². The van der Waals surface area contributed by atoms with E-state index in [0.29, 0.717) is 23.4 Å². The van der Waals surface area contributed by atoms with Crippen LogP contribution in [-0.4, -0.2) is 32.7 Å². The van der Waals surface area contributed by atoms with Gasteiger partial charge < -0.3 is 10.4 Å². The normalized spacial score (nSPS) is 20.9. The summed E-state index contributed by atoms with van der Waals surface area (Å²) in [5.41, 5.74) is 2.20. The molecule has 2 aromatic rings. The van der Waals surface area contributed by atoms with Crippen LogP contribution in [0.15, 0.2) is 24.3 Å². The number of fused-ring (bicyclic) bond motifs is 1. The molecule has 6 heteroatoms. The molecule has 0 bridgehead atoms. The number of nitrogens with zero attached hydrogens (tertiary/aromatic N) is 2. The molecule has 1 atom stereocenters. The van der Waals surface area contributed by atoms with Gasteiger partial charge in [0, 0.05) is 13.0 Å². The molecule has 1 aromatic carbocycles. The third kappa shape index (κ3) is 2.96. The molecule has 0 radical (unpaired) electrons. The Morgan fingerprint density at radius 3 is 2.90 bits per heavy atom. The Kier molecular flexibility index (Phi) is 3.73. The minimum absolute atomic E-state index is 0.213. The van der Waals surface area contributed by atoms with Gasteiger partial charge in [-0.05, 0) is 42.4 Å². The summed E-state index contributed by atoms with van der Waals surface area (Å²) in [5, 5.41) is 17.3. The van der Waals surface area contributed by atoms with Gasteiger partial charge in [0.25, 0.3) is 5.91 Å². The second-order valence-electron chi connectivity index (χ2n) is 5.54. The first-order valence-electron chi connectivity index (χ1n) is 6.94. The molecule has 110 valence electrons. The second-order valence-corrected chi connectivity index (χ2v) is 6.29. The number of benzene rings is 1. The maximum Gasteiger partial charge on any atom is 0.265 e. The van der Waals surface area contributed by atoms with Crippen LogP contribution in [0.4, 0.5) is 0 Å². The lowest BCUT2D eigenvalue weighted by Gasteiger charge is -2.33. The Bertz CT molecular complexity index is 670. The first kappa shape index (κ1) is 14.2. The minimum atomic E-state index is -0.879. The van der Waals surface area contributed by atoms with Gasteiger partial charge in [-0.1, -0.05) is 28.8 Å². The van der Waals surface area contributed by atoms with Crippen LogP contribution in [0.2, 0.25) is 0 Å². The topological polar surface area (TPSA) is 75.1 Å². The van der Waals surface area contributed by atoms with Crippen molar-refractivity contribution in [1.29, 1.82) is 0 Å². The summed E-state index contributed by atoms with van der Waals surface area (Å²) < 4.78 is 3.75. The fourth-order valence-electron chi connectivity index (χ4n) is 2.70. The highest BCUT2D eigenvalue weighted by Crippen LogP contribution is 2.28. The van der Waals surface area contributed by atoms with Crippen LogP contribution in [0.3, 0.4) is 0 Å². The van der Waals surface area contributed by atoms with Crippen LogP contribution in [0.5, 0.6) is 0 Å². The summed E-state index contributed by atoms with van der Waals surface area (Å²) in [5.74, 6) is -0.213. The number of rotatable bonds is 3. The van der Waals surface area contributed by atoms with Crippen LogP contribution in [0.25, 0.3) is 0 Å². The van der Waals surface area contributed by atoms with E-state index in [4.69, 9.17) is 0 Å². The van der Waals surface area contributed by atoms with Crippen molar-refractivity contribution in [3.05, 3.63) is 46.0 Å². The molecule has 21 heavy (non-hydrogen) atoms. The van der Waals surface area contributed by atoms with Crippen LogP contribution in [0, 0.1) is 6.92 Å². The van der Waals surface area contributed by atoms with Crippen LogP contribution >= 0.6 is 11.5 Å². The molecule has 0 saturated carbocycles. The minimum Gasteiger partial charge on any atom is -0.388 e. The summed E-state index contributed by atoms with van der Waals surface area (Å²) in [4.78, 5) is 12.6. The fraction of sp³-hybridized carbons (Fsp3) is 0.400. The second kappa shape index (κ2) is 5.54. The molecule has 1 aromatic heterocycles. The summed E-state index contributed by atoms with van der Waals surface area (Å²) in [6.07, 6.45) is 2.07. The maximum absolute atomic E-state index is 12.1. The molecule has 0 fully saturated rings. The number of aryl methyl sites for hydroxylation is 2. The van der Waals surface area contributed by atoms with Crippen molar-refractivity contribution in [1.82, 2.24) is 14.9 Å². The van der Waals surface area contributed by atoms with Crippen molar-refractivity contribution in [2.75, 3.05) is 6.54 Å². The van der Waals surface area contributed by atoms with E-state index in [1.165, 1.54) is 5.56 Å². The van der Waals surface area contributed by atoms with Crippen LogP contribution in [0.1, 0.15) is 32.9 Å². The lowest BCUT2D eigenvalue weighted by molar-refractivity contribution is 0.0260. The van der Waals surface area contributed by atoms with Gasteiger partial charge in [0.2, 0.25) is 0 Å². The van der Waals surface area contributed by atoms with Gasteiger partial charge in [-0.2, -0.15) is 0 Å². The number of aliphatic hydroxyl groups is 1. The summed E-state index contributed by atoms with van der Waals surface area (Å²) in [7, 11) is 0. The highest BCUT2D eigenvalue weighted by molar-refractivity contribution is 7.07. The largest absolute Gasteiger partial charge is 0.388 e. The number of amides is 1. The predicted octanol–water partition coefficient (Wildman–Crippen LogP) is 1.50. The molecule has 2 N–H and O–H groups in total. The smallest absolute Gasteiger partial charge is 0.265 e. The van der Waals surface area contributed by atoms with Crippen LogP contribution < -0.4 is 5.32 Å². The molecular weight excluding hydrogens is 286 g/mol. The van der Waals surface area contributed by atoms with E-state index >= 15 is 0 Å². The molecule has 1 aliphatic rings. The average Bonchev–Trinajstić information content (AvgIpc) is 2.91. The van der Waals surface area contributed by atoms with Gasteiger partial charge in [0.15, 0.2) is 0 Å². The molecule has 5 nitrogen and oxygen atoms in total. The molecule has 1 heterocycles. The van der Waals surface area contributed by atoms with E-state index in [1.54, 1.807) is 6.92 Å². The fourth-order valence-corrected chi connectivity index (χ4v) is 3.27. The number of hydrogen-bond acceptors (Lipinski definition) is 5. The number of carbonyl (C=O) groups is 1. The van der Waals surface area contributed by atoms with E-state index < -0.39 is 5.60 Å². The van der Waals surface area contributed by atoms with E-state index in [-0.39, 0.29) is 12.5 Å². The lowest BCUT2D eigenvalue weighted by Crippen LogP contribution is -2.46. The third-order valence-corrected chi connectivity index (χ3v) is 4.76. The van der Waals surface area contributed by atoms with E-state index in [0.717, 1.165) is 23.5 Å². The Morgan fingerprint density at radius 1 is 1.43 bits per heavy atom. The zero-order valence-electron chi connectivity index (χ0n) is 11.8. The monoisotopic (exact) mass is 303 g/mol. The Labute approximate surface area is 127 Å². The summed E-state index contributed by atoms with van der Waals surface area (Å²) in [6.45, 7) is 2.00. The standard InChI is InChI=1S/C15H17N3O2S/c1-10-13(21-18-17-10)14(19)16-9-15(20)7-6-11-4-2-3-5-12(11)8-15/h2-5,20H,6-9H2,1H3,(H,16,19)/t15-/m0/s1. The van der Waals surface area contributed by atoms with E-state index in [9.17, 15) is 9.90 Å². The number of aromatic nitrogens is 2. The van der Waals surface area contributed by atoms with Gasteiger partial charge in [0.05, 0.1) is 11.3 Å². The van der Waals surface area contributed by atoms with Gasteiger partial charge in [-0.15, -0.1) is 5.10 Å². The van der Waals surface area contributed by atoms with Crippen molar-refractivity contribution in [2.45, 2.75) is 31.8 Å². The molecule has 0 unspecified atom stereocenters. The van der Waals surface area contributed by atoms with Crippen LogP contribution in [-0.2, 0) is 12.8 Å². The number of hydrogen-bond donors (Lipinski definition) is 2. The first-order valence-corrected chi connectivity index (χ1v) is 7.71. The molecule has 0 aliphatic heterocycles. The highest BCUT2D eigenvalue weighted by atomic mass is 32.1. The Morgan fingerprint density at radius 2 is 2.19 bits per heavy atom. The van der Waals surface area contributed by atoms with E-state index in [2.05, 4.69) is 21.0 Å². The Hall–Kier alpha value is -1.79. The van der Waals surface area contributed by atoms with Crippen molar-refractivity contribution in [3.63, 3.8) is 0 Å². The lowest BCUT2D eigenvalue weighted by atomic mass is 9.80. The third-order valence-electron chi connectivity index (χ3n) is 3.93. The molecule has 1 amide bonds. The predicted molar refractivity (Wildman–Crippen MR) is 80.4 cm³/mol. The molecule has 0 spiro atoms. The van der Waals surface area contributed by atoms with Gasteiger partial charge >= 0.3 is 0 Å².